The number of allylic oxidation sites excluding steroid dienone is 1. The van der Waals surface area contributed by atoms with Crippen molar-refractivity contribution in [2.24, 2.45) is 0 Å². The SMILES string of the molecule is CCCOC(=O)/C=C(/C)O[Si](C)(C)C.CCCOC(=O)CC(C)=O.[Mo].[SiH3]. The predicted octanol–water partition coefficient (Wildman–Crippen LogP) is 2.43. The summed E-state index contributed by atoms with van der Waals surface area (Å²) in [6, 6.07) is 0. The summed E-state index contributed by atoms with van der Waals surface area (Å²) in [6.07, 6.45) is 2.95. The first-order valence-corrected chi connectivity index (χ1v) is 11.6. The second-order valence-corrected chi connectivity index (χ2v) is 10.7. The van der Waals surface area contributed by atoms with E-state index in [1.165, 1.54) is 13.0 Å². The smallest absolute Gasteiger partial charge is 0.334 e. The van der Waals surface area contributed by atoms with Crippen LogP contribution in [-0.2, 0) is 49.3 Å². The van der Waals surface area contributed by atoms with Gasteiger partial charge >= 0.3 is 11.9 Å². The zero-order chi connectivity index (χ0) is 19.2. The van der Waals surface area contributed by atoms with Gasteiger partial charge in [-0.05, 0) is 57.3 Å². The molecular weight excluding hydrogens is 452 g/mol. The first-order chi connectivity index (χ1) is 11.0. The third kappa shape index (κ3) is 28.1. The normalized spacial score (nSPS) is 10.2. The van der Waals surface area contributed by atoms with Crippen molar-refractivity contribution in [3.05, 3.63) is 11.8 Å². The summed E-state index contributed by atoms with van der Waals surface area (Å²) in [7, 11) is -1.59. The van der Waals surface area contributed by atoms with Crippen molar-refractivity contribution < 1.29 is 49.3 Å². The Bertz CT molecular complexity index is 433. The molecule has 0 bridgehead atoms. The number of rotatable bonds is 9. The molecule has 153 valence electrons. The molecule has 0 N–H and O–H groups in total. The molecule has 0 unspecified atom stereocenters. The molecule has 6 nitrogen and oxygen atoms in total. The molecule has 1 radical (unpaired) electrons. The topological polar surface area (TPSA) is 78.9 Å². The molecule has 0 aliphatic heterocycles. The third-order valence-corrected chi connectivity index (χ3v) is 3.03. The van der Waals surface area contributed by atoms with Crippen LogP contribution in [0.15, 0.2) is 11.8 Å². The average Bonchev–Trinajstić information content (AvgIpc) is 2.40. The van der Waals surface area contributed by atoms with Crippen LogP contribution in [-0.4, -0.2) is 50.2 Å². The van der Waals surface area contributed by atoms with Crippen LogP contribution in [0.1, 0.15) is 47.0 Å². The van der Waals surface area contributed by atoms with Gasteiger partial charge in [-0.3, -0.25) is 9.59 Å². The van der Waals surface area contributed by atoms with Gasteiger partial charge in [0.15, 0.2) is 0 Å². The quantitative estimate of drug-likeness (QED) is 0.163. The second-order valence-electron chi connectivity index (χ2n) is 6.24. The van der Waals surface area contributed by atoms with E-state index in [4.69, 9.17) is 9.16 Å². The molecule has 0 aliphatic rings. The predicted molar refractivity (Wildman–Crippen MR) is 106 cm³/mol. The van der Waals surface area contributed by atoms with Gasteiger partial charge in [0, 0.05) is 21.1 Å². The number of hydrogen-bond acceptors (Lipinski definition) is 6. The van der Waals surface area contributed by atoms with Crippen LogP contribution in [0.2, 0.25) is 19.6 Å². The molecule has 0 amide bonds. The second kappa shape index (κ2) is 19.0. The van der Waals surface area contributed by atoms with Crippen LogP contribution in [0.3, 0.4) is 0 Å². The fourth-order valence-corrected chi connectivity index (χ4v) is 2.42. The van der Waals surface area contributed by atoms with Gasteiger partial charge in [0.1, 0.15) is 12.2 Å². The fourth-order valence-electron chi connectivity index (χ4n) is 1.39. The third-order valence-electron chi connectivity index (χ3n) is 2.10. The molecule has 0 fully saturated rings. The van der Waals surface area contributed by atoms with E-state index in [9.17, 15) is 14.4 Å². The molecular formula is C17H35MoO6Si2. The molecule has 0 spiro atoms. The Morgan fingerprint density at radius 3 is 1.77 bits per heavy atom. The number of esters is 2. The summed E-state index contributed by atoms with van der Waals surface area (Å²) in [5, 5.41) is 0. The van der Waals surface area contributed by atoms with Gasteiger partial charge in [-0.1, -0.05) is 13.8 Å². The Hall–Kier alpha value is -0.728. The van der Waals surface area contributed by atoms with Crippen LogP contribution in [0.4, 0.5) is 0 Å². The van der Waals surface area contributed by atoms with Crippen molar-refractivity contribution in [1.29, 1.82) is 0 Å². The Kier molecular flexibility index (Phi) is 24.1. The van der Waals surface area contributed by atoms with Crippen LogP contribution in [0, 0.1) is 0 Å². The minimum atomic E-state index is -1.59. The van der Waals surface area contributed by atoms with E-state index in [1.54, 1.807) is 6.92 Å². The summed E-state index contributed by atoms with van der Waals surface area (Å²) in [5.41, 5.74) is 0. The van der Waals surface area contributed by atoms with E-state index in [2.05, 4.69) is 24.4 Å². The standard InChI is InChI=1S/C10H20O3Si.C7H12O3.Mo.H3Si/c1-6-7-12-10(11)8-9(2)13-14(3,4)5;1-3-4-10-7(9)5-6(2)8;;/h8H,6-7H2,1-5H3;3-5H2,1-2H3;;1H3/b9-8-;;;. The van der Waals surface area contributed by atoms with Crippen LogP contribution in [0.5, 0.6) is 0 Å². The van der Waals surface area contributed by atoms with Gasteiger partial charge in [0.25, 0.3) is 0 Å². The number of ketones is 1. The van der Waals surface area contributed by atoms with E-state index in [0.717, 1.165) is 12.8 Å². The van der Waals surface area contributed by atoms with Crippen molar-refractivity contribution in [2.45, 2.75) is 66.6 Å². The van der Waals surface area contributed by atoms with Gasteiger partial charge in [-0.15, -0.1) is 0 Å². The maximum atomic E-state index is 11.1. The maximum absolute atomic E-state index is 11.1. The zero-order valence-electron chi connectivity index (χ0n) is 17.5. The van der Waals surface area contributed by atoms with Crippen molar-refractivity contribution in [3.8, 4) is 0 Å². The Labute approximate surface area is 177 Å². The van der Waals surface area contributed by atoms with Crippen LogP contribution in [0.25, 0.3) is 0 Å². The number of carbonyl (C=O) groups excluding carboxylic acids is 3. The van der Waals surface area contributed by atoms with Crippen LogP contribution >= 0.6 is 0 Å². The fraction of sp³-hybridized carbons (Fsp3) is 0.706. The average molecular weight is 488 g/mol. The Balaban J connectivity index is -0.000000181. The molecule has 0 aromatic carbocycles. The molecule has 0 aliphatic carbocycles. The van der Waals surface area contributed by atoms with E-state index < -0.39 is 14.3 Å². The summed E-state index contributed by atoms with van der Waals surface area (Å²) in [4.78, 5) is 32.0. The monoisotopic (exact) mass is 489 g/mol. The number of Topliss-reactive ketones (excluding diaryl/α,β-unsaturated/α-hetero) is 1. The van der Waals surface area contributed by atoms with E-state index in [1.807, 2.05) is 13.8 Å². The van der Waals surface area contributed by atoms with Gasteiger partial charge in [0.2, 0.25) is 8.32 Å². The van der Waals surface area contributed by atoms with Crippen molar-refractivity contribution in [1.82, 2.24) is 0 Å². The molecule has 0 aromatic rings. The van der Waals surface area contributed by atoms with Crippen molar-refractivity contribution in [2.75, 3.05) is 13.2 Å². The van der Waals surface area contributed by atoms with Gasteiger partial charge in [-0.2, -0.15) is 0 Å². The maximum Gasteiger partial charge on any atom is 0.334 e. The Morgan fingerprint density at radius 2 is 1.38 bits per heavy atom. The molecule has 26 heavy (non-hydrogen) atoms. The molecule has 0 heterocycles. The summed E-state index contributed by atoms with van der Waals surface area (Å²) in [5.74, 6) is -0.247. The number of hydrogen-bond donors (Lipinski definition) is 0. The molecule has 9 heteroatoms. The first kappa shape index (κ1) is 32.9. The zero-order valence-corrected chi connectivity index (χ0v) is 22.5. The minimum absolute atomic E-state index is 0. The number of carbonyl (C=O) groups is 3. The molecule has 0 saturated carbocycles. The Morgan fingerprint density at radius 1 is 0.923 bits per heavy atom. The van der Waals surface area contributed by atoms with E-state index >= 15 is 0 Å². The summed E-state index contributed by atoms with van der Waals surface area (Å²) in [6.45, 7) is 14.1. The molecule has 0 atom stereocenters. The number of ether oxygens (including phenoxy) is 2. The molecule has 0 rings (SSSR count). The largest absolute Gasteiger partial charge is 0.547 e. The van der Waals surface area contributed by atoms with Gasteiger partial charge in [0.05, 0.1) is 25.0 Å². The molecule has 0 saturated heterocycles. The van der Waals surface area contributed by atoms with E-state index in [0.29, 0.717) is 19.0 Å². The van der Waals surface area contributed by atoms with Crippen LogP contribution < -0.4 is 0 Å². The first-order valence-electron chi connectivity index (χ1n) is 8.20. The van der Waals surface area contributed by atoms with Crippen molar-refractivity contribution >= 4 is 37.0 Å². The van der Waals surface area contributed by atoms with Gasteiger partial charge in [-0.25, -0.2) is 4.79 Å². The summed E-state index contributed by atoms with van der Waals surface area (Å²) < 4.78 is 15.1. The molecule has 0 aromatic heterocycles. The summed E-state index contributed by atoms with van der Waals surface area (Å²) >= 11 is 0. The van der Waals surface area contributed by atoms with Gasteiger partial charge < -0.3 is 13.9 Å². The minimum Gasteiger partial charge on any atom is -0.547 e. The van der Waals surface area contributed by atoms with E-state index in [-0.39, 0.29) is 50.2 Å². The van der Waals surface area contributed by atoms with Crippen molar-refractivity contribution in [3.63, 3.8) is 0 Å².